The van der Waals surface area contributed by atoms with Crippen molar-refractivity contribution < 1.29 is 9.59 Å². The monoisotopic (exact) mass is 264 g/mol. The molecule has 1 aliphatic heterocycles. The molecule has 0 spiro atoms. The highest BCUT2D eigenvalue weighted by Gasteiger charge is 2.43. The van der Waals surface area contributed by atoms with E-state index < -0.39 is 0 Å². The van der Waals surface area contributed by atoms with Gasteiger partial charge in [0, 0.05) is 12.1 Å². The van der Waals surface area contributed by atoms with Crippen molar-refractivity contribution in [2.24, 2.45) is 5.92 Å². The third-order valence-corrected chi connectivity index (χ3v) is 5.00. The minimum absolute atomic E-state index is 0.0384. The van der Waals surface area contributed by atoms with Gasteiger partial charge in [-0.15, -0.1) is 0 Å². The van der Waals surface area contributed by atoms with E-state index in [1.54, 1.807) is 4.90 Å². The van der Waals surface area contributed by atoms with E-state index in [0.29, 0.717) is 12.5 Å². The van der Waals surface area contributed by atoms with Crippen LogP contribution in [-0.2, 0) is 9.59 Å². The van der Waals surface area contributed by atoms with Gasteiger partial charge in [0.15, 0.2) is 0 Å². The van der Waals surface area contributed by atoms with Gasteiger partial charge in [0.05, 0.1) is 12.5 Å². The van der Waals surface area contributed by atoms with Crippen molar-refractivity contribution in [2.45, 2.75) is 76.4 Å². The first-order valence-electron chi connectivity index (χ1n) is 7.77. The van der Waals surface area contributed by atoms with Crippen LogP contribution in [0.15, 0.2) is 0 Å². The molecular weight excluding hydrogens is 240 g/mol. The summed E-state index contributed by atoms with van der Waals surface area (Å²) in [6, 6.07) is 0.373. The van der Waals surface area contributed by atoms with Crippen LogP contribution in [0.3, 0.4) is 0 Å². The van der Waals surface area contributed by atoms with Crippen molar-refractivity contribution in [1.82, 2.24) is 10.2 Å². The summed E-state index contributed by atoms with van der Waals surface area (Å²) >= 11 is 0. The van der Waals surface area contributed by atoms with Gasteiger partial charge in [-0.1, -0.05) is 19.8 Å². The van der Waals surface area contributed by atoms with Crippen molar-refractivity contribution in [3.63, 3.8) is 0 Å². The van der Waals surface area contributed by atoms with E-state index in [2.05, 4.69) is 12.2 Å². The van der Waals surface area contributed by atoms with Crippen molar-refractivity contribution in [3.8, 4) is 0 Å². The molecule has 2 aliphatic carbocycles. The van der Waals surface area contributed by atoms with E-state index in [0.717, 1.165) is 44.4 Å². The lowest BCUT2D eigenvalue weighted by Crippen LogP contribution is -2.45. The molecule has 1 N–H and O–H groups in total. The SMILES string of the molecule is CC1CCC(NC2CC(=O)N(C3CCCC3)C2=O)C1. The third-order valence-electron chi connectivity index (χ3n) is 5.00. The van der Waals surface area contributed by atoms with Crippen molar-refractivity contribution in [3.05, 3.63) is 0 Å². The Hall–Kier alpha value is -0.900. The predicted octanol–water partition coefficient (Wildman–Crippen LogP) is 1.83. The zero-order chi connectivity index (χ0) is 13.4. The first-order valence-corrected chi connectivity index (χ1v) is 7.77. The average Bonchev–Trinajstić information content (AvgIpc) is 3.04. The molecule has 19 heavy (non-hydrogen) atoms. The van der Waals surface area contributed by atoms with E-state index in [4.69, 9.17) is 0 Å². The molecule has 4 nitrogen and oxygen atoms in total. The smallest absolute Gasteiger partial charge is 0.247 e. The molecule has 3 rings (SSSR count). The lowest BCUT2D eigenvalue weighted by atomic mass is 10.1. The Morgan fingerprint density at radius 1 is 1.11 bits per heavy atom. The zero-order valence-electron chi connectivity index (χ0n) is 11.7. The summed E-state index contributed by atoms with van der Waals surface area (Å²) in [4.78, 5) is 26.1. The molecule has 1 saturated heterocycles. The van der Waals surface area contributed by atoms with Gasteiger partial charge in [0.25, 0.3) is 0 Å². The van der Waals surface area contributed by atoms with Crippen molar-refractivity contribution in [2.75, 3.05) is 0 Å². The van der Waals surface area contributed by atoms with E-state index in [9.17, 15) is 9.59 Å². The molecular formula is C15H24N2O2. The minimum atomic E-state index is -0.247. The van der Waals surface area contributed by atoms with Crippen LogP contribution >= 0.6 is 0 Å². The standard InChI is InChI=1S/C15H24N2O2/c1-10-6-7-11(8-10)16-13-9-14(18)17(15(13)19)12-4-2-3-5-12/h10-13,16H,2-9H2,1H3. The molecule has 106 valence electrons. The number of amides is 2. The topological polar surface area (TPSA) is 49.4 Å². The van der Waals surface area contributed by atoms with Gasteiger partial charge in [0.1, 0.15) is 0 Å². The number of carbonyl (C=O) groups excluding carboxylic acids is 2. The number of nitrogens with one attached hydrogen (secondary N) is 1. The molecule has 0 aromatic heterocycles. The lowest BCUT2D eigenvalue weighted by Gasteiger charge is -2.23. The van der Waals surface area contributed by atoms with E-state index >= 15 is 0 Å². The number of hydrogen-bond acceptors (Lipinski definition) is 3. The number of nitrogens with zero attached hydrogens (tertiary/aromatic N) is 1. The summed E-state index contributed by atoms with van der Waals surface area (Å²) in [7, 11) is 0. The van der Waals surface area contributed by atoms with Crippen LogP contribution in [-0.4, -0.2) is 34.8 Å². The number of likely N-dealkylation sites (tertiary alicyclic amines) is 1. The van der Waals surface area contributed by atoms with Gasteiger partial charge < -0.3 is 5.32 Å². The first kappa shape index (κ1) is 13.1. The van der Waals surface area contributed by atoms with Gasteiger partial charge in [-0.3, -0.25) is 14.5 Å². The molecule has 0 aromatic rings. The van der Waals surface area contributed by atoms with Gasteiger partial charge >= 0.3 is 0 Å². The highest BCUT2D eigenvalue weighted by Crippen LogP contribution is 2.30. The van der Waals surface area contributed by atoms with Crippen LogP contribution in [0.4, 0.5) is 0 Å². The second-order valence-electron chi connectivity index (χ2n) is 6.58. The molecule has 3 unspecified atom stereocenters. The van der Waals surface area contributed by atoms with Crippen molar-refractivity contribution >= 4 is 11.8 Å². The lowest BCUT2D eigenvalue weighted by molar-refractivity contribution is -0.141. The molecule has 3 fully saturated rings. The summed E-state index contributed by atoms with van der Waals surface area (Å²) in [5, 5.41) is 3.43. The molecule has 0 radical (unpaired) electrons. The fourth-order valence-corrected chi connectivity index (χ4v) is 3.97. The molecule has 0 bridgehead atoms. The van der Waals surface area contributed by atoms with Crippen LogP contribution in [0.5, 0.6) is 0 Å². The summed E-state index contributed by atoms with van der Waals surface area (Å²) in [6.45, 7) is 2.26. The molecule has 2 saturated carbocycles. The van der Waals surface area contributed by atoms with E-state index in [1.165, 1.54) is 6.42 Å². The Kier molecular flexibility index (Phi) is 3.61. The van der Waals surface area contributed by atoms with Gasteiger partial charge in [-0.2, -0.15) is 0 Å². The predicted molar refractivity (Wildman–Crippen MR) is 72.5 cm³/mol. The molecule has 2 amide bonds. The largest absolute Gasteiger partial charge is 0.303 e. The summed E-state index contributed by atoms with van der Waals surface area (Å²) in [5.41, 5.74) is 0. The molecule has 3 aliphatic rings. The highest BCUT2D eigenvalue weighted by atomic mass is 16.2. The quantitative estimate of drug-likeness (QED) is 0.791. The summed E-state index contributed by atoms with van der Waals surface area (Å²) in [5.74, 6) is 0.826. The Morgan fingerprint density at radius 2 is 1.84 bits per heavy atom. The first-order chi connectivity index (χ1) is 9.15. The fourth-order valence-electron chi connectivity index (χ4n) is 3.97. The third kappa shape index (κ3) is 2.55. The van der Waals surface area contributed by atoms with E-state index in [-0.39, 0.29) is 23.9 Å². The van der Waals surface area contributed by atoms with Crippen LogP contribution in [0.25, 0.3) is 0 Å². The summed E-state index contributed by atoms with van der Waals surface area (Å²) in [6.07, 6.45) is 8.21. The normalized spacial score (nSPS) is 36.7. The maximum atomic E-state index is 12.4. The highest BCUT2D eigenvalue weighted by molar-refractivity contribution is 6.05. The van der Waals surface area contributed by atoms with Gasteiger partial charge in [-0.25, -0.2) is 0 Å². The van der Waals surface area contributed by atoms with Crippen LogP contribution < -0.4 is 5.32 Å². The van der Waals surface area contributed by atoms with E-state index in [1.807, 2.05) is 0 Å². The number of hydrogen-bond donors (Lipinski definition) is 1. The van der Waals surface area contributed by atoms with Gasteiger partial charge in [-0.05, 0) is 38.0 Å². The zero-order valence-corrected chi connectivity index (χ0v) is 11.7. The molecule has 4 heteroatoms. The minimum Gasteiger partial charge on any atom is -0.303 e. The Balaban J connectivity index is 1.61. The number of imide groups is 1. The molecule has 3 atom stereocenters. The van der Waals surface area contributed by atoms with Crippen LogP contribution in [0, 0.1) is 5.92 Å². The Morgan fingerprint density at radius 3 is 2.47 bits per heavy atom. The van der Waals surface area contributed by atoms with Crippen LogP contribution in [0.1, 0.15) is 58.3 Å². The maximum Gasteiger partial charge on any atom is 0.247 e. The second-order valence-corrected chi connectivity index (χ2v) is 6.58. The fraction of sp³-hybridized carbons (Fsp3) is 0.867. The maximum absolute atomic E-state index is 12.4. The second kappa shape index (κ2) is 5.23. The van der Waals surface area contributed by atoms with Crippen LogP contribution in [0.2, 0.25) is 0 Å². The Labute approximate surface area is 114 Å². The number of carbonyl (C=O) groups is 2. The summed E-state index contributed by atoms with van der Waals surface area (Å²) < 4.78 is 0. The molecule has 0 aromatic carbocycles. The Bertz CT molecular complexity index is 376. The number of rotatable bonds is 3. The average molecular weight is 264 g/mol. The van der Waals surface area contributed by atoms with Crippen molar-refractivity contribution in [1.29, 1.82) is 0 Å². The van der Waals surface area contributed by atoms with Gasteiger partial charge in [0.2, 0.25) is 11.8 Å². The molecule has 1 heterocycles.